The Labute approximate surface area is 111 Å². The van der Waals surface area contributed by atoms with Gasteiger partial charge in [-0.2, -0.15) is 0 Å². The van der Waals surface area contributed by atoms with Gasteiger partial charge in [-0.1, -0.05) is 12.1 Å². The quantitative estimate of drug-likeness (QED) is 0.875. The third-order valence-corrected chi connectivity index (χ3v) is 3.28. The number of aryl methyl sites for hydroxylation is 1. The lowest BCUT2D eigenvalue weighted by Gasteiger charge is -2.21. The van der Waals surface area contributed by atoms with Crippen LogP contribution in [0.25, 0.3) is 0 Å². The summed E-state index contributed by atoms with van der Waals surface area (Å²) in [5.41, 5.74) is 1.13. The lowest BCUT2D eigenvalue weighted by molar-refractivity contribution is -0.123. The van der Waals surface area contributed by atoms with Crippen molar-refractivity contribution in [1.29, 1.82) is 0 Å². The number of carboxylic acid groups (broad SMARTS) is 1. The number of aromatic carboxylic acids is 1. The predicted octanol–water partition coefficient (Wildman–Crippen LogP) is 2.06. The van der Waals surface area contributed by atoms with Crippen molar-refractivity contribution in [3.05, 3.63) is 29.3 Å². The van der Waals surface area contributed by atoms with Crippen LogP contribution in [0.5, 0.6) is 0 Å². The minimum atomic E-state index is -1.03. The van der Waals surface area contributed by atoms with Crippen molar-refractivity contribution in [2.24, 2.45) is 5.92 Å². The van der Waals surface area contributed by atoms with Gasteiger partial charge in [0.05, 0.1) is 23.8 Å². The van der Waals surface area contributed by atoms with Crippen molar-refractivity contribution in [1.82, 2.24) is 0 Å². The molecule has 1 amide bonds. The molecule has 1 aromatic carbocycles. The van der Waals surface area contributed by atoms with Gasteiger partial charge in [0.1, 0.15) is 0 Å². The molecule has 2 rings (SSSR count). The summed E-state index contributed by atoms with van der Waals surface area (Å²) in [6, 6.07) is 5.05. The number of rotatable bonds is 3. The van der Waals surface area contributed by atoms with Crippen molar-refractivity contribution < 1.29 is 19.4 Å². The Morgan fingerprint density at radius 2 is 2.21 bits per heavy atom. The summed E-state index contributed by atoms with van der Waals surface area (Å²) in [5, 5.41) is 11.9. The van der Waals surface area contributed by atoms with Crippen molar-refractivity contribution in [3.8, 4) is 0 Å². The zero-order valence-corrected chi connectivity index (χ0v) is 10.8. The summed E-state index contributed by atoms with van der Waals surface area (Å²) < 4.78 is 5.27. The van der Waals surface area contributed by atoms with E-state index in [2.05, 4.69) is 5.32 Å². The Morgan fingerprint density at radius 3 is 2.84 bits per heavy atom. The summed E-state index contributed by atoms with van der Waals surface area (Å²) in [6.45, 7) is 2.80. The zero-order valence-electron chi connectivity index (χ0n) is 10.8. The van der Waals surface area contributed by atoms with Gasteiger partial charge in [0.2, 0.25) is 5.91 Å². The summed E-state index contributed by atoms with van der Waals surface area (Å²) in [5.74, 6) is -1.41. The van der Waals surface area contributed by atoms with Gasteiger partial charge in [0.15, 0.2) is 0 Å². The fraction of sp³-hybridized carbons (Fsp3) is 0.429. The van der Waals surface area contributed by atoms with Gasteiger partial charge in [-0.25, -0.2) is 4.79 Å². The second-order valence-electron chi connectivity index (χ2n) is 4.71. The maximum absolute atomic E-state index is 12.1. The standard InChI is InChI=1S/C14H17NO4/c1-9-4-2-6-11(12(9)14(17)18)15-13(16)10-5-3-7-19-8-10/h2,4,6,10H,3,5,7-8H2,1H3,(H,15,16)(H,17,18). The van der Waals surface area contributed by atoms with Gasteiger partial charge in [0.25, 0.3) is 0 Å². The first kappa shape index (κ1) is 13.5. The highest BCUT2D eigenvalue weighted by atomic mass is 16.5. The number of nitrogens with one attached hydrogen (secondary N) is 1. The second-order valence-corrected chi connectivity index (χ2v) is 4.71. The average Bonchev–Trinajstić information content (AvgIpc) is 2.39. The summed E-state index contributed by atoms with van der Waals surface area (Å²) in [7, 11) is 0. The van der Waals surface area contributed by atoms with Crippen LogP contribution in [-0.4, -0.2) is 30.2 Å². The SMILES string of the molecule is Cc1cccc(NC(=O)C2CCCOC2)c1C(=O)O. The molecule has 102 valence electrons. The van der Waals surface area contributed by atoms with E-state index < -0.39 is 5.97 Å². The molecule has 1 heterocycles. The van der Waals surface area contributed by atoms with E-state index in [-0.39, 0.29) is 17.4 Å². The van der Waals surface area contributed by atoms with Gasteiger partial charge in [0, 0.05) is 6.61 Å². The predicted molar refractivity (Wildman–Crippen MR) is 70.3 cm³/mol. The number of amides is 1. The lowest BCUT2D eigenvalue weighted by Crippen LogP contribution is -2.30. The molecule has 0 aliphatic carbocycles. The summed E-state index contributed by atoms with van der Waals surface area (Å²) in [4.78, 5) is 23.3. The molecule has 5 nitrogen and oxygen atoms in total. The molecule has 0 spiro atoms. The first-order valence-electron chi connectivity index (χ1n) is 6.31. The van der Waals surface area contributed by atoms with Crippen LogP contribution >= 0.6 is 0 Å². The van der Waals surface area contributed by atoms with Crippen LogP contribution in [0.2, 0.25) is 0 Å². The number of anilines is 1. The molecule has 1 aromatic rings. The largest absolute Gasteiger partial charge is 0.478 e. The fourth-order valence-electron chi connectivity index (χ4n) is 2.24. The smallest absolute Gasteiger partial charge is 0.338 e. The molecule has 5 heteroatoms. The monoisotopic (exact) mass is 263 g/mol. The van der Waals surface area contributed by atoms with Crippen LogP contribution in [0.4, 0.5) is 5.69 Å². The first-order chi connectivity index (χ1) is 9.09. The van der Waals surface area contributed by atoms with Gasteiger partial charge in [-0.3, -0.25) is 4.79 Å². The summed E-state index contributed by atoms with van der Waals surface area (Å²) >= 11 is 0. The highest BCUT2D eigenvalue weighted by molar-refractivity contribution is 6.02. The molecule has 1 atom stereocenters. The average molecular weight is 263 g/mol. The zero-order chi connectivity index (χ0) is 13.8. The van der Waals surface area contributed by atoms with Crippen LogP contribution in [0.3, 0.4) is 0 Å². The van der Waals surface area contributed by atoms with Crippen molar-refractivity contribution in [2.45, 2.75) is 19.8 Å². The van der Waals surface area contributed by atoms with Crippen LogP contribution in [0.15, 0.2) is 18.2 Å². The van der Waals surface area contributed by atoms with Crippen molar-refractivity contribution in [3.63, 3.8) is 0 Å². The van der Waals surface area contributed by atoms with Crippen molar-refractivity contribution in [2.75, 3.05) is 18.5 Å². The maximum Gasteiger partial charge on any atom is 0.338 e. The molecule has 19 heavy (non-hydrogen) atoms. The number of benzene rings is 1. The Hall–Kier alpha value is -1.88. The molecule has 0 aromatic heterocycles. The number of hydrogen-bond acceptors (Lipinski definition) is 3. The molecule has 1 saturated heterocycles. The topological polar surface area (TPSA) is 75.6 Å². The van der Waals surface area contributed by atoms with Crippen molar-refractivity contribution >= 4 is 17.6 Å². The van der Waals surface area contributed by atoms with E-state index in [0.29, 0.717) is 24.5 Å². The summed E-state index contributed by atoms with van der Waals surface area (Å²) in [6.07, 6.45) is 1.64. The molecule has 0 radical (unpaired) electrons. The van der Waals surface area contributed by atoms with E-state index in [9.17, 15) is 14.7 Å². The van der Waals surface area contributed by atoms with E-state index in [4.69, 9.17) is 4.74 Å². The third kappa shape index (κ3) is 3.12. The second kappa shape index (κ2) is 5.84. The first-order valence-corrected chi connectivity index (χ1v) is 6.31. The van der Waals surface area contributed by atoms with Gasteiger partial charge in [-0.15, -0.1) is 0 Å². The van der Waals surface area contributed by atoms with E-state index in [1.54, 1.807) is 25.1 Å². The Kier molecular flexibility index (Phi) is 4.16. The van der Waals surface area contributed by atoms with E-state index in [1.807, 2.05) is 0 Å². The third-order valence-electron chi connectivity index (χ3n) is 3.28. The lowest BCUT2D eigenvalue weighted by atomic mass is 10.0. The Bertz CT molecular complexity index is 492. The van der Waals surface area contributed by atoms with E-state index in [1.165, 1.54) is 0 Å². The van der Waals surface area contributed by atoms with E-state index in [0.717, 1.165) is 12.8 Å². The van der Waals surface area contributed by atoms with Gasteiger partial charge >= 0.3 is 5.97 Å². The maximum atomic E-state index is 12.1. The number of hydrogen-bond donors (Lipinski definition) is 2. The van der Waals surface area contributed by atoms with Crippen LogP contribution in [-0.2, 0) is 9.53 Å². The normalized spacial score (nSPS) is 18.9. The number of ether oxygens (including phenoxy) is 1. The van der Waals surface area contributed by atoms with Crippen LogP contribution < -0.4 is 5.32 Å². The molecule has 1 aliphatic heterocycles. The molecule has 1 fully saturated rings. The van der Waals surface area contributed by atoms with Gasteiger partial charge in [-0.05, 0) is 31.4 Å². The highest BCUT2D eigenvalue weighted by Crippen LogP contribution is 2.22. The van der Waals surface area contributed by atoms with Crippen LogP contribution in [0, 0.1) is 12.8 Å². The van der Waals surface area contributed by atoms with E-state index >= 15 is 0 Å². The minimum absolute atomic E-state index is 0.146. The fourth-order valence-corrected chi connectivity index (χ4v) is 2.24. The van der Waals surface area contributed by atoms with Gasteiger partial charge < -0.3 is 15.2 Å². The molecular formula is C14H17NO4. The van der Waals surface area contributed by atoms with Crippen LogP contribution in [0.1, 0.15) is 28.8 Å². The molecule has 0 bridgehead atoms. The minimum Gasteiger partial charge on any atom is -0.478 e. The number of carboxylic acids is 1. The molecule has 1 unspecified atom stereocenters. The highest BCUT2D eigenvalue weighted by Gasteiger charge is 2.23. The Morgan fingerprint density at radius 1 is 1.42 bits per heavy atom. The number of carbonyl (C=O) groups excluding carboxylic acids is 1. The molecule has 0 saturated carbocycles. The molecular weight excluding hydrogens is 246 g/mol. The Balaban J connectivity index is 2.16. The molecule has 2 N–H and O–H groups in total. The number of carbonyl (C=O) groups is 2. The molecule has 1 aliphatic rings.